The molecule has 1 saturated heterocycles. The van der Waals surface area contributed by atoms with Crippen molar-refractivity contribution in [3.8, 4) is 5.69 Å². The highest BCUT2D eigenvalue weighted by Crippen LogP contribution is 2.20. The molecular formula is C26H26ClN7O6. The highest BCUT2D eigenvalue weighted by atomic mass is 35.5. The van der Waals surface area contributed by atoms with Crippen molar-refractivity contribution in [2.45, 2.75) is 12.5 Å². The third-order valence-electron chi connectivity index (χ3n) is 5.95. The zero-order valence-corrected chi connectivity index (χ0v) is 22.2. The molecule has 2 N–H and O–H groups in total. The lowest BCUT2D eigenvalue weighted by molar-refractivity contribution is -0.137. The second-order valence-corrected chi connectivity index (χ2v) is 9.04. The molecule has 14 heteroatoms. The van der Waals surface area contributed by atoms with Crippen molar-refractivity contribution in [1.82, 2.24) is 30.4 Å². The highest BCUT2D eigenvalue weighted by Gasteiger charge is 2.27. The first-order valence-corrected chi connectivity index (χ1v) is 12.6. The van der Waals surface area contributed by atoms with E-state index < -0.39 is 23.8 Å². The van der Waals surface area contributed by atoms with Gasteiger partial charge in [-0.3, -0.25) is 14.4 Å². The Hall–Kier alpha value is -4.62. The Bertz CT molecular complexity index is 1390. The fourth-order valence-electron chi connectivity index (χ4n) is 3.89. The first kappa shape index (κ1) is 28.4. The number of morpholine rings is 1. The number of carbonyl (C=O) groups is 4. The third-order valence-corrected chi connectivity index (χ3v) is 6.18. The molecule has 4 rings (SSSR count). The van der Waals surface area contributed by atoms with Crippen molar-refractivity contribution >= 4 is 47.1 Å². The lowest BCUT2D eigenvalue weighted by atomic mass is 10.1. The van der Waals surface area contributed by atoms with E-state index in [4.69, 9.17) is 16.3 Å². The van der Waals surface area contributed by atoms with Gasteiger partial charge >= 0.3 is 5.97 Å². The van der Waals surface area contributed by atoms with Crippen molar-refractivity contribution in [2.75, 3.05) is 38.7 Å². The van der Waals surface area contributed by atoms with Crippen LogP contribution in [0.25, 0.3) is 11.8 Å². The molecule has 0 unspecified atom stereocenters. The quantitative estimate of drug-likeness (QED) is 0.288. The molecule has 0 saturated carbocycles. The van der Waals surface area contributed by atoms with Crippen molar-refractivity contribution in [2.24, 2.45) is 0 Å². The molecule has 1 aliphatic rings. The van der Waals surface area contributed by atoms with E-state index in [0.29, 0.717) is 53.8 Å². The van der Waals surface area contributed by atoms with E-state index in [1.807, 2.05) is 0 Å². The van der Waals surface area contributed by atoms with Gasteiger partial charge in [0.25, 0.3) is 0 Å². The summed E-state index contributed by atoms with van der Waals surface area (Å²) >= 11 is 6.14. The van der Waals surface area contributed by atoms with Crippen LogP contribution in [0, 0.1) is 0 Å². The van der Waals surface area contributed by atoms with Crippen LogP contribution in [0.15, 0.2) is 54.9 Å². The average molecular weight is 568 g/mol. The summed E-state index contributed by atoms with van der Waals surface area (Å²) in [4.78, 5) is 52.3. The number of anilines is 1. The molecule has 40 heavy (non-hydrogen) atoms. The molecule has 0 radical (unpaired) electrons. The number of hydrogen-bond acceptors (Lipinski definition) is 9. The van der Waals surface area contributed by atoms with Crippen LogP contribution >= 0.6 is 11.6 Å². The molecule has 2 heterocycles. The van der Waals surface area contributed by atoms with E-state index in [0.717, 1.165) is 0 Å². The number of hydrogen-bond donors (Lipinski definition) is 2. The highest BCUT2D eigenvalue weighted by molar-refractivity contribution is 6.30. The van der Waals surface area contributed by atoms with Gasteiger partial charge in [-0.05, 0) is 59.0 Å². The van der Waals surface area contributed by atoms with E-state index in [2.05, 4.69) is 30.9 Å². The van der Waals surface area contributed by atoms with Crippen LogP contribution in [-0.2, 0) is 23.9 Å². The molecule has 3 amide bonds. The number of tetrazole rings is 1. The number of benzene rings is 2. The summed E-state index contributed by atoms with van der Waals surface area (Å²) in [5, 5.41) is 16.8. The topological polar surface area (TPSA) is 158 Å². The molecule has 1 fully saturated rings. The van der Waals surface area contributed by atoms with Gasteiger partial charge in [-0.2, -0.15) is 4.68 Å². The van der Waals surface area contributed by atoms with E-state index in [-0.39, 0.29) is 12.3 Å². The van der Waals surface area contributed by atoms with E-state index >= 15 is 0 Å². The van der Waals surface area contributed by atoms with Crippen LogP contribution < -0.4 is 10.6 Å². The second kappa shape index (κ2) is 13.4. The Balaban J connectivity index is 1.50. The summed E-state index contributed by atoms with van der Waals surface area (Å²) in [6.07, 6.45) is 3.86. The van der Waals surface area contributed by atoms with Crippen LogP contribution in [0.3, 0.4) is 0 Å². The SMILES string of the molecule is COC(=O)c1ccc(NC(=O)[C@H](CC(=O)N2CCOCC2)NC(=O)/C=C/c2cc(Cl)ccc2-n2cnnn2)cc1. The molecule has 0 bridgehead atoms. The normalized spacial score (nSPS) is 14.0. The predicted molar refractivity (Wildman–Crippen MR) is 144 cm³/mol. The molecule has 2 aromatic carbocycles. The molecule has 1 aromatic heterocycles. The van der Waals surface area contributed by atoms with Gasteiger partial charge in [0.15, 0.2) is 0 Å². The minimum Gasteiger partial charge on any atom is -0.465 e. The average Bonchev–Trinajstić information content (AvgIpc) is 3.51. The van der Waals surface area contributed by atoms with Crippen molar-refractivity contribution in [3.05, 3.63) is 71.0 Å². The first-order valence-electron chi connectivity index (χ1n) is 12.2. The maximum Gasteiger partial charge on any atom is 0.337 e. The van der Waals surface area contributed by atoms with Crippen LogP contribution in [0.2, 0.25) is 5.02 Å². The van der Waals surface area contributed by atoms with E-state index in [1.165, 1.54) is 54.5 Å². The summed E-state index contributed by atoms with van der Waals surface area (Å²) in [5.74, 6) is -2.04. The van der Waals surface area contributed by atoms with Crippen molar-refractivity contribution < 1.29 is 28.7 Å². The molecule has 13 nitrogen and oxygen atoms in total. The number of amides is 3. The summed E-state index contributed by atoms with van der Waals surface area (Å²) in [7, 11) is 1.27. The Labute approximate surface area is 234 Å². The maximum atomic E-state index is 13.2. The monoisotopic (exact) mass is 567 g/mol. The van der Waals surface area contributed by atoms with Gasteiger partial charge in [0.2, 0.25) is 17.7 Å². The summed E-state index contributed by atoms with van der Waals surface area (Å²) < 4.78 is 11.4. The number of ether oxygens (including phenoxy) is 2. The van der Waals surface area contributed by atoms with Gasteiger partial charge < -0.3 is 25.0 Å². The number of methoxy groups -OCH3 is 1. The molecule has 1 aliphatic heterocycles. The Kier molecular flexibility index (Phi) is 9.54. The van der Waals surface area contributed by atoms with Gasteiger partial charge in [0, 0.05) is 35.4 Å². The minimum atomic E-state index is -1.19. The van der Waals surface area contributed by atoms with Gasteiger partial charge in [-0.1, -0.05) is 11.6 Å². The smallest absolute Gasteiger partial charge is 0.337 e. The van der Waals surface area contributed by atoms with E-state index in [9.17, 15) is 19.2 Å². The number of rotatable bonds is 9. The van der Waals surface area contributed by atoms with Crippen LogP contribution in [0.1, 0.15) is 22.3 Å². The van der Waals surface area contributed by atoms with Crippen molar-refractivity contribution in [1.29, 1.82) is 0 Å². The number of esters is 1. The Morgan fingerprint density at radius 1 is 1.12 bits per heavy atom. The Morgan fingerprint density at radius 3 is 2.55 bits per heavy atom. The molecular weight excluding hydrogens is 542 g/mol. The first-order chi connectivity index (χ1) is 19.3. The molecule has 1 atom stereocenters. The largest absolute Gasteiger partial charge is 0.465 e. The number of carbonyl (C=O) groups excluding carboxylic acids is 4. The van der Waals surface area contributed by atoms with Gasteiger partial charge in [-0.15, -0.1) is 5.10 Å². The zero-order chi connectivity index (χ0) is 28.5. The van der Waals surface area contributed by atoms with Gasteiger partial charge in [-0.25, -0.2) is 4.79 Å². The number of aromatic nitrogens is 4. The fourth-order valence-corrected chi connectivity index (χ4v) is 4.07. The van der Waals surface area contributed by atoms with Crippen LogP contribution in [-0.4, -0.2) is 88.3 Å². The van der Waals surface area contributed by atoms with Crippen molar-refractivity contribution in [3.63, 3.8) is 0 Å². The number of nitrogens with one attached hydrogen (secondary N) is 2. The summed E-state index contributed by atoms with van der Waals surface area (Å²) in [6, 6.07) is 9.81. The summed E-state index contributed by atoms with van der Waals surface area (Å²) in [5.41, 5.74) is 1.80. The third kappa shape index (κ3) is 7.48. The fraction of sp³-hybridized carbons (Fsp3) is 0.269. The van der Waals surface area contributed by atoms with Gasteiger partial charge in [0.05, 0.1) is 38.0 Å². The molecule has 0 aliphatic carbocycles. The lowest BCUT2D eigenvalue weighted by Crippen LogP contribution is -2.48. The minimum absolute atomic E-state index is 0.265. The number of halogens is 1. The molecule has 208 valence electrons. The van der Waals surface area contributed by atoms with Crippen LogP contribution in [0.5, 0.6) is 0 Å². The van der Waals surface area contributed by atoms with Gasteiger partial charge in [0.1, 0.15) is 12.4 Å². The predicted octanol–water partition coefficient (Wildman–Crippen LogP) is 1.49. The molecule has 3 aromatic rings. The number of nitrogens with zero attached hydrogens (tertiary/aromatic N) is 5. The summed E-state index contributed by atoms with van der Waals surface area (Å²) in [6.45, 7) is 1.58. The van der Waals surface area contributed by atoms with Crippen LogP contribution in [0.4, 0.5) is 5.69 Å². The standard InChI is InChI=1S/C26H26ClN7O6/c1-39-26(38)17-2-6-20(7-3-17)29-25(37)21(15-24(36)33-10-12-40-13-11-33)30-23(35)9-4-18-14-19(27)5-8-22(18)34-16-28-31-32-34/h2-9,14,16,21H,10-13,15H2,1H3,(H,29,37)(H,30,35)/b9-4+/t21-/m0/s1. The Morgan fingerprint density at radius 2 is 1.88 bits per heavy atom. The molecule has 0 spiro atoms. The maximum absolute atomic E-state index is 13.2. The second-order valence-electron chi connectivity index (χ2n) is 8.61. The zero-order valence-electron chi connectivity index (χ0n) is 21.4. The lowest BCUT2D eigenvalue weighted by Gasteiger charge is -2.28. The van der Waals surface area contributed by atoms with E-state index in [1.54, 1.807) is 23.1 Å².